The summed E-state index contributed by atoms with van der Waals surface area (Å²) in [5.41, 5.74) is 1.59. The van der Waals surface area contributed by atoms with Crippen molar-refractivity contribution in [2.24, 2.45) is 17.8 Å². The number of aliphatic hydroxyl groups is 2. The SMILES string of the molecule is C=C(CO)C(=O)O[C@@H]1CC(=C)[C@@H]2C[C@H](O)C(=C)[C@@H]2[C@@H]2OC(=O)C(=C)[C@H]21. The van der Waals surface area contributed by atoms with Crippen LogP contribution in [0.1, 0.15) is 12.8 Å². The van der Waals surface area contributed by atoms with Crippen LogP contribution in [0.2, 0.25) is 0 Å². The van der Waals surface area contributed by atoms with Crippen LogP contribution in [0.3, 0.4) is 0 Å². The highest BCUT2D eigenvalue weighted by Crippen LogP contribution is 2.52. The van der Waals surface area contributed by atoms with Gasteiger partial charge >= 0.3 is 11.9 Å². The zero-order chi connectivity index (χ0) is 18.5. The molecule has 2 saturated carbocycles. The Kier molecular flexibility index (Phi) is 4.43. The second-order valence-electron chi connectivity index (χ2n) is 6.95. The number of rotatable bonds is 3. The van der Waals surface area contributed by atoms with Crippen LogP contribution in [0.25, 0.3) is 0 Å². The summed E-state index contributed by atoms with van der Waals surface area (Å²) in [4.78, 5) is 24.2. The van der Waals surface area contributed by atoms with Crippen molar-refractivity contribution in [3.05, 3.63) is 48.6 Å². The zero-order valence-electron chi connectivity index (χ0n) is 13.9. The fourth-order valence-corrected chi connectivity index (χ4v) is 4.16. The summed E-state index contributed by atoms with van der Waals surface area (Å²) >= 11 is 0. The Bertz CT molecular complexity index is 690. The third kappa shape index (κ3) is 2.75. The summed E-state index contributed by atoms with van der Waals surface area (Å²) in [6.07, 6.45) is -1.19. The molecule has 0 amide bonds. The first-order chi connectivity index (χ1) is 11.8. The number of esters is 2. The average molecular weight is 346 g/mol. The first-order valence-corrected chi connectivity index (χ1v) is 8.20. The standard InChI is InChI=1S/C19H22O6/c1-8-5-14(24-18(22)9(2)7-20)16-11(4)19(23)25-17(16)15-10(3)13(21)6-12(8)15/h12-17,20-21H,1-7H2/t12-,13-,14+,15-,16-,17-/m0/s1. The quantitative estimate of drug-likeness (QED) is 0.451. The third-order valence-corrected chi connectivity index (χ3v) is 5.51. The number of ether oxygens (including phenoxy) is 2. The fourth-order valence-electron chi connectivity index (χ4n) is 4.16. The number of carbonyl (C=O) groups is 2. The molecule has 0 aromatic rings. The predicted octanol–water partition coefficient (Wildman–Crippen LogP) is 1.06. The Hall–Kier alpha value is -2.18. The fraction of sp³-hybridized carbons (Fsp3) is 0.474. The summed E-state index contributed by atoms with van der Waals surface area (Å²) in [5.74, 6) is -2.18. The molecule has 0 aromatic carbocycles. The average Bonchev–Trinajstić information content (AvgIpc) is 2.99. The lowest BCUT2D eigenvalue weighted by Gasteiger charge is -2.28. The van der Waals surface area contributed by atoms with E-state index in [0.29, 0.717) is 18.4 Å². The number of fused-ring (bicyclic) bond motifs is 3. The van der Waals surface area contributed by atoms with Gasteiger partial charge in [-0.2, -0.15) is 0 Å². The number of hydrogen-bond donors (Lipinski definition) is 2. The van der Waals surface area contributed by atoms with Crippen LogP contribution in [-0.4, -0.2) is 47.1 Å². The Morgan fingerprint density at radius 2 is 1.96 bits per heavy atom. The number of aliphatic hydroxyl groups excluding tert-OH is 2. The van der Waals surface area contributed by atoms with E-state index < -0.39 is 42.8 Å². The van der Waals surface area contributed by atoms with Crippen LogP contribution >= 0.6 is 0 Å². The van der Waals surface area contributed by atoms with Crippen molar-refractivity contribution in [1.29, 1.82) is 0 Å². The molecule has 0 bridgehead atoms. The predicted molar refractivity (Wildman–Crippen MR) is 89.1 cm³/mol. The minimum Gasteiger partial charge on any atom is -0.458 e. The third-order valence-electron chi connectivity index (χ3n) is 5.51. The van der Waals surface area contributed by atoms with Crippen LogP contribution in [-0.2, 0) is 19.1 Å². The Balaban J connectivity index is 1.96. The van der Waals surface area contributed by atoms with Crippen molar-refractivity contribution in [2.75, 3.05) is 6.61 Å². The Morgan fingerprint density at radius 1 is 1.28 bits per heavy atom. The minimum absolute atomic E-state index is 0.0673. The molecule has 2 aliphatic carbocycles. The van der Waals surface area contributed by atoms with E-state index in [1.807, 2.05) is 0 Å². The molecule has 0 radical (unpaired) electrons. The van der Waals surface area contributed by atoms with E-state index in [1.165, 1.54) is 0 Å². The van der Waals surface area contributed by atoms with Gasteiger partial charge in [-0.15, -0.1) is 0 Å². The van der Waals surface area contributed by atoms with Gasteiger partial charge in [-0.3, -0.25) is 0 Å². The van der Waals surface area contributed by atoms with Gasteiger partial charge in [0.05, 0.1) is 24.2 Å². The highest BCUT2D eigenvalue weighted by atomic mass is 16.6. The molecule has 6 nitrogen and oxygen atoms in total. The monoisotopic (exact) mass is 346 g/mol. The molecule has 2 N–H and O–H groups in total. The molecule has 6 atom stereocenters. The normalized spacial score (nSPS) is 37.2. The number of hydrogen-bond acceptors (Lipinski definition) is 6. The molecule has 25 heavy (non-hydrogen) atoms. The van der Waals surface area contributed by atoms with Crippen LogP contribution in [0, 0.1) is 17.8 Å². The van der Waals surface area contributed by atoms with E-state index in [4.69, 9.17) is 14.6 Å². The smallest absolute Gasteiger partial charge is 0.336 e. The van der Waals surface area contributed by atoms with E-state index in [-0.39, 0.29) is 23.0 Å². The van der Waals surface area contributed by atoms with Crippen LogP contribution in [0.15, 0.2) is 48.6 Å². The van der Waals surface area contributed by atoms with Gasteiger partial charge in [-0.05, 0) is 17.9 Å². The van der Waals surface area contributed by atoms with Crippen molar-refractivity contribution in [3.63, 3.8) is 0 Å². The molecule has 0 unspecified atom stereocenters. The molecule has 3 aliphatic rings. The molecule has 1 heterocycles. The summed E-state index contributed by atoms with van der Waals surface area (Å²) < 4.78 is 11.0. The van der Waals surface area contributed by atoms with E-state index >= 15 is 0 Å². The molecule has 134 valence electrons. The Morgan fingerprint density at radius 3 is 2.60 bits per heavy atom. The van der Waals surface area contributed by atoms with Crippen LogP contribution in [0.4, 0.5) is 0 Å². The molecule has 3 fully saturated rings. The van der Waals surface area contributed by atoms with E-state index in [0.717, 1.165) is 5.57 Å². The van der Waals surface area contributed by atoms with Gasteiger partial charge in [0.2, 0.25) is 0 Å². The summed E-state index contributed by atoms with van der Waals surface area (Å²) in [6.45, 7) is 14.8. The molecule has 0 aromatic heterocycles. The molecular weight excluding hydrogens is 324 g/mol. The van der Waals surface area contributed by atoms with Crippen molar-refractivity contribution in [3.8, 4) is 0 Å². The van der Waals surface area contributed by atoms with Gasteiger partial charge in [-0.1, -0.05) is 31.9 Å². The molecule has 1 saturated heterocycles. The van der Waals surface area contributed by atoms with Crippen molar-refractivity contribution < 1.29 is 29.3 Å². The van der Waals surface area contributed by atoms with Gasteiger partial charge in [0.1, 0.15) is 12.2 Å². The highest BCUT2D eigenvalue weighted by molar-refractivity contribution is 5.92. The second-order valence-corrected chi connectivity index (χ2v) is 6.95. The van der Waals surface area contributed by atoms with Crippen molar-refractivity contribution >= 4 is 11.9 Å². The van der Waals surface area contributed by atoms with Crippen LogP contribution < -0.4 is 0 Å². The Labute approximate surface area is 146 Å². The van der Waals surface area contributed by atoms with Crippen molar-refractivity contribution in [2.45, 2.75) is 31.2 Å². The largest absolute Gasteiger partial charge is 0.458 e. The summed E-state index contributed by atoms with van der Waals surface area (Å²) in [5, 5.41) is 19.2. The topological polar surface area (TPSA) is 93.1 Å². The first kappa shape index (κ1) is 17.6. The maximum Gasteiger partial charge on any atom is 0.336 e. The molecule has 0 spiro atoms. The second kappa shape index (κ2) is 6.28. The lowest BCUT2D eigenvalue weighted by molar-refractivity contribution is -0.148. The molecule has 1 aliphatic heterocycles. The maximum atomic E-state index is 12.1. The highest BCUT2D eigenvalue weighted by Gasteiger charge is 2.56. The van der Waals surface area contributed by atoms with Gasteiger partial charge in [0.25, 0.3) is 0 Å². The molecule has 6 heteroatoms. The van der Waals surface area contributed by atoms with Gasteiger partial charge in [-0.25, -0.2) is 9.59 Å². The van der Waals surface area contributed by atoms with Crippen LogP contribution in [0.5, 0.6) is 0 Å². The first-order valence-electron chi connectivity index (χ1n) is 8.20. The van der Waals surface area contributed by atoms with Gasteiger partial charge < -0.3 is 19.7 Å². The van der Waals surface area contributed by atoms with E-state index in [9.17, 15) is 14.7 Å². The van der Waals surface area contributed by atoms with Crippen molar-refractivity contribution in [1.82, 2.24) is 0 Å². The minimum atomic E-state index is -0.725. The molecule has 3 rings (SSSR count). The van der Waals surface area contributed by atoms with E-state index in [1.54, 1.807) is 0 Å². The lowest BCUT2D eigenvalue weighted by atomic mass is 9.81. The van der Waals surface area contributed by atoms with E-state index in [2.05, 4.69) is 26.3 Å². The zero-order valence-corrected chi connectivity index (χ0v) is 13.9. The van der Waals surface area contributed by atoms with Gasteiger partial charge in [0.15, 0.2) is 0 Å². The lowest BCUT2D eigenvalue weighted by Crippen LogP contribution is -2.36. The number of carbonyl (C=O) groups excluding carboxylic acids is 2. The van der Waals surface area contributed by atoms with Gasteiger partial charge in [0, 0.05) is 17.9 Å². The summed E-state index contributed by atoms with van der Waals surface area (Å²) in [6, 6.07) is 0. The molecular formula is C19H22O6. The summed E-state index contributed by atoms with van der Waals surface area (Å²) in [7, 11) is 0. The maximum absolute atomic E-state index is 12.1.